The van der Waals surface area contributed by atoms with Gasteiger partial charge in [0, 0.05) is 0 Å². The fraction of sp³-hybridized carbons (Fsp3) is 0.812. The Hall–Kier alpha value is -1.86. The van der Waals surface area contributed by atoms with E-state index in [-0.39, 0.29) is 12.0 Å². The Balaban J connectivity index is 2.16. The zero-order valence-electron chi connectivity index (χ0n) is 12.9. The van der Waals surface area contributed by atoms with Crippen LogP contribution in [-0.4, -0.2) is 36.9 Å². The molecule has 0 N–H and O–H groups in total. The van der Waals surface area contributed by atoms with Crippen molar-refractivity contribution >= 4 is 18.2 Å². The van der Waals surface area contributed by atoms with Crippen LogP contribution in [0.3, 0.4) is 0 Å². The van der Waals surface area contributed by atoms with Crippen LogP contribution in [0.4, 0.5) is 0 Å². The highest BCUT2D eigenvalue weighted by Crippen LogP contribution is 2.62. The van der Waals surface area contributed by atoms with Crippen molar-refractivity contribution in [2.75, 3.05) is 13.1 Å². The summed E-state index contributed by atoms with van der Waals surface area (Å²) >= 11 is 0. The lowest BCUT2D eigenvalue weighted by Gasteiger charge is -2.40. The number of nitrogens with zero attached hydrogens (tertiary/aromatic N) is 3. The van der Waals surface area contributed by atoms with Crippen LogP contribution in [0, 0.1) is 17.3 Å². The molecule has 22 heavy (non-hydrogen) atoms. The normalized spacial score (nSPS) is 31.5. The molecule has 2 aliphatic rings. The quantitative estimate of drug-likeness (QED) is 0.509. The second-order valence-corrected chi connectivity index (χ2v) is 6.95. The van der Waals surface area contributed by atoms with Gasteiger partial charge in [0.25, 0.3) is 0 Å². The Morgan fingerprint density at radius 3 is 2.59 bits per heavy atom. The van der Waals surface area contributed by atoms with Gasteiger partial charge in [-0.1, -0.05) is 0 Å². The summed E-state index contributed by atoms with van der Waals surface area (Å²) in [5, 5.41) is 0. The maximum atomic E-state index is 10.8. The molecule has 6 nitrogen and oxygen atoms in total. The molecule has 2 fully saturated rings. The van der Waals surface area contributed by atoms with E-state index in [4.69, 9.17) is 0 Å². The lowest BCUT2D eigenvalue weighted by Crippen LogP contribution is -2.38. The monoisotopic (exact) mass is 303 g/mol. The van der Waals surface area contributed by atoms with Crippen molar-refractivity contribution in [1.82, 2.24) is 0 Å². The van der Waals surface area contributed by atoms with Crippen LogP contribution < -0.4 is 0 Å². The third-order valence-corrected chi connectivity index (χ3v) is 5.42. The van der Waals surface area contributed by atoms with Crippen molar-refractivity contribution < 1.29 is 14.4 Å². The summed E-state index contributed by atoms with van der Waals surface area (Å²) in [5.74, 6) is 1.19. The number of isocyanates is 3. The van der Waals surface area contributed by atoms with Gasteiger partial charge in [-0.15, -0.1) is 0 Å². The fourth-order valence-corrected chi connectivity index (χ4v) is 4.69. The van der Waals surface area contributed by atoms with E-state index < -0.39 is 5.54 Å². The number of hydrogen-bond acceptors (Lipinski definition) is 6. The highest BCUT2D eigenvalue weighted by Gasteiger charge is 2.53. The first-order chi connectivity index (χ1) is 10.6. The fourth-order valence-electron chi connectivity index (χ4n) is 4.69. The smallest absolute Gasteiger partial charge is 0.211 e. The average molecular weight is 303 g/mol. The molecule has 2 saturated carbocycles. The number of rotatable bonds is 8. The third kappa shape index (κ3) is 3.48. The van der Waals surface area contributed by atoms with E-state index >= 15 is 0 Å². The van der Waals surface area contributed by atoms with Gasteiger partial charge in [0.05, 0.1) is 18.6 Å². The molecule has 0 radical (unpaired) electrons. The first-order valence-electron chi connectivity index (χ1n) is 7.74. The highest BCUT2D eigenvalue weighted by atomic mass is 16.1. The molecule has 118 valence electrons. The molecule has 0 aromatic carbocycles. The van der Waals surface area contributed by atoms with Crippen LogP contribution in [0.25, 0.3) is 0 Å². The standard InChI is InChI=1S/C16H21N3O3/c1-15(19-12-22,9-18-11-21)8-16-4-2-13(7-16)6-14(16)3-5-17-10-20/h13-14H,2-9H2,1H3. The van der Waals surface area contributed by atoms with Gasteiger partial charge in [0.2, 0.25) is 18.2 Å². The zero-order chi connectivity index (χ0) is 16.1. The van der Waals surface area contributed by atoms with Crippen LogP contribution in [0.2, 0.25) is 0 Å². The molecule has 2 bridgehead atoms. The summed E-state index contributed by atoms with van der Waals surface area (Å²) in [6.07, 6.45) is 10.9. The summed E-state index contributed by atoms with van der Waals surface area (Å²) in [6.45, 7) is 2.51. The van der Waals surface area contributed by atoms with Crippen molar-refractivity contribution in [3.05, 3.63) is 0 Å². The van der Waals surface area contributed by atoms with Crippen molar-refractivity contribution in [2.45, 2.75) is 51.0 Å². The molecule has 4 unspecified atom stereocenters. The maximum Gasteiger partial charge on any atom is 0.235 e. The lowest BCUT2D eigenvalue weighted by atomic mass is 9.67. The second-order valence-electron chi connectivity index (χ2n) is 6.95. The molecule has 0 amide bonds. The average Bonchev–Trinajstić information content (AvgIpc) is 3.03. The van der Waals surface area contributed by atoms with Gasteiger partial charge in [-0.2, -0.15) is 4.99 Å². The van der Waals surface area contributed by atoms with Crippen LogP contribution in [0.5, 0.6) is 0 Å². The van der Waals surface area contributed by atoms with Gasteiger partial charge >= 0.3 is 0 Å². The van der Waals surface area contributed by atoms with Crippen molar-refractivity contribution in [3.8, 4) is 0 Å². The molecule has 0 spiro atoms. The van der Waals surface area contributed by atoms with Gasteiger partial charge in [0.15, 0.2) is 0 Å². The lowest BCUT2D eigenvalue weighted by molar-refractivity contribution is 0.127. The molecular weight excluding hydrogens is 282 g/mol. The Kier molecular flexibility index (Phi) is 5.20. The minimum Gasteiger partial charge on any atom is -0.211 e. The molecule has 6 heteroatoms. The Morgan fingerprint density at radius 2 is 1.95 bits per heavy atom. The second kappa shape index (κ2) is 6.93. The van der Waals surface area contributed by atoms with Crippen LogP contribution in [0.1, 0.15) is 45.4 Å². The molecular formula is C16H21N3O3. The van der Waals surface area contributed by atoms with Gasteiger partial charge in [0.1, 0.15) is 0 Å². The molecule has 0 saturated heterocycles. The van der Waals surface area contributed by atoms with Gasteiger partial charge < -0.3 is 0 Å². The van der Waals surface area contributed by atoms with E-state index in [1.165, 1.54) is 12.5 Å². The maximum absolute atomic E-state index is 10.8. The molecule has 0 aromatic heterocycles. The summed E-state index contributed by atoms with van der Waals surface area (Å²) in [5.41, 5.74) is -0.596. The highest BCUT2D eigenvalue weighted by molar-refractivity contribution is 5.36. The van der Waals surface area contributed by atoms with Gasteiger partial charge in [-0.25, -0.2) is 24.4 Å². The third-order valence-electron chi connectivity index (χ3n) is 5.42. The van der Waals surface area contributed by atoms with E-state index in [0.717, 1.165) is 25.7 Å². The minimum atomic E-state index is -0.704. The number of fused-ring (bicyclic) bond motifs is 2. The van der Waals surface area contributed by atoms with E-state index in [1.807, 2.05) is 6.92 Å². The Bertz CT molecular complexity index is 559. The summed E-state index contributed by atoms with van der Waals surface area (Å²) in [7, 11) is 0. The molecule has 0 aliphatic heterocycles. The van der Waals surface area contributed by atoms with Crippen LogP contribution in [-0.2, 0) is 14.4 Å². The van der Waals surface area contributed by atoms with E-state index in [2.05, 4.69) is 15.0 Å². The van der Waals surface area contributed by atoms with Gasteiger partial charge in [-0.3, -0.25) is 0 Å². The Morgan fingerprint density at radius 1 is 1.18 bits per heavy atom. The van der Waals surface area contributed by atoms with E-state index in [0.29, 0.717) is 24.8 Å². The van der Waals surface area contributed by atoms with Crippen LogP contribution in [0.15, 0.2) is 15.0 Å². The molecule has 4 atom stereocenters. The van der Waals surface area contributed by atoms with Crippen molar-refractivity contribution in [3.63, 3.8) is 0 Å². The summed E-state index contributed by atoms with van der Waals surface area (Å²) < 4.78 is 0. The predicted octanol–water partition coefficient (Wildman–Crippen LogP) is 2.34. The number of aliphatic imine (C=N–C) groups is 3. The molecule has 2 aliphatic carbocycles. The van der Waals surface area contributed by atoms with E-state index in [9.17, 15) is 14.4 Å². The number of carbonyl (C=O) groups excluding carboxylic acids is 3. The molecule has 2 rings (SSSR count). The van der Waals surface area contributed by atoms with E-state index in [1.54, 1.807) is 12.2 Å². The van der Waals surface area contributed by atoms with Crippen molar-refractivity contribution in [2.24, 2.45) is 32.2 Å². The van der Waals surface area contributed by atoms with Crippen molar-refractivity contribution in [1.29, 1.82) is 0 Å². The minimum absolute atomic E-state index is 0.108. The summed E-state index contributed by atoms with van der Waals surface area (Å²) in [4.78, 5) is 42.7. The van der Waals surface area contributed by atoms with Gasteiger partial charge in [-0.05, 0) is 62.7 Å². The predicted molar refractivity (Wildman–Crippen MR) is 79.6 cm³/mol. The number of hydrogen-bond donors (Lipinski definition) is 0. The molecule has 0 heterocycles. The largest absolute Gasteiger partial charge is 0.235 e. The first-order valence-corrected chi connectivity index (χ1v) is 7.74. The Labute approximate surface area is 129 Å². The SMILES string of the molecule is CC(CN=C=O)(CC12CCC(CC1CCN=C=O)C2)N=C=O. The van der Waals surface area contributed by atoms with Crippen LogP contribution >= 0.6 is 0 Å². The zero-order valence-corrected chi connectivity index (χ0v) is 12.9. The first kappa shape index (κ1) is 16.5. The molecule has 0 aromatic rings. The summed E-state index contributed by atoms with van der Waals surface area (Å²) in [6, 6.07) is 0. The topological polar surface area (TPSA) is 88.3 Å².